The topological polar surface area (TPSA) is 71.7 Å². The molecule has 130 valence electrons. The summed E-state index contributed by atoms with van der Waals surface area (Å²) < 4.78 is 11.2. The minimum Gasteiger partial charge on any atom is -0.492 e. The van der Waals surface area contributed by atoms with Gasteiger partial charge in [0.15, 0.2) is 5.96 Å². The monoisotopic (exact) mass is 350 g/mol. The zero-order valence-corrected chi connectivity index (χ0v) is 15.0. The van der Waals surface area contributed by atoms with E-state index in [1.807, 2.05) is 32.9 Å². The predicted molar refractivity (Wildman–Crippen MR) is 95.7 cm³/mol. The average molecular weight is 351 g/mol. The molecule has 0 bridgehead atoms. The van der Waals surface area contributed by atoms with Crippen LogP contribution in [-0.4, -0.2) is 30.6 Å². The molecule has 0 unspecified atom stereocenters. The average Bonchev–Trinajstić information content (AvgIpc) is 2.89. The number of halogens is 1. The summed E-state index contributed by atoms with van der Waals surface area (Å²) in [5.74, 6) is 2.92. The number of aromatic nitrogens is 1. The van der Waals surface area contributed by atoms with Gasteiger partial charge in [0.2, 0.25) is 5.89 Å². The number of hydrogen-bond acceptors (Lipinski definition) is 4. The molecule has 24 heavy (non-hydrogen) atoms. The van der Waals surface area contributed by atoms with Gasteiger partial charge in [-0.2, -0.15) is 0 Å². The Morgan fingerprint density at radius 1 is 1.25 bits per heavy atom. The van der Waals surface area contributed by atoms with Crippen molar-refractivity contribution < 1.29 is 9.15 Å². The molecule has 0 saturated heterocycles. The molecule has 0 saturated carbocycles. The van der Waals surface area contributed by atoms with Crippen LogP contribution in [0.15, 0.2) is 33.7 Å². The Hall–Kier alpha value is -2.21. The summed E-state index contributed by atoms with van der Waals surface area (Å²) in [7, 11) is 0. The normalized spacial score (nSPS) is 11.4. The van der Waals surface area contributed by atoms with Crippen molar-refractivity contribution in [3.63, 3.8) is 0 Å². The number of aryl methyl sites for hydroxylation is 2. The van der Waals surface area contributed by atoms with Gasteiger partial charge < -0.3 is 19.8 Å². The van der Waals surface area contributed by atoms with Crippen molar-refractivity contribution in [2.45, 2.75) is 27.3 Å². The molecule has 1 aromatic carbocycles. The highest BCUT2D eigenvalue weighted by atomic mass is 35.5. The smallest absolute Gasteiger partial charge is 0.216 e. The third-order valence-electron chi connectivity index (χ3n) is 3.27. The van der Waals surface area contributed by atoms with E-state index >= 15 is 0 Å². The molecule has 0 aliphatic carbocycles. The molecule has 0 fully saturated rings. The maximum atomic E-state index is 5.84. The van der Waals surface area contributed by atoms with Crippen LogP contribution in [0.5, 0.6) is 5.75 Å². The number of guanidine groups is 1. The van der Waals surface area contributed by atoms with Gasteiger partial charge in [-0.25, -0.2) is 9.98 Å². The number of rotatable bonds is 7. The number of aliphatic imine (C=N–C) groups is 1. The summed E-state index contributed by atoms with van der Waals surface area (Å²) >= 11 is 5.84. The molecule has 0 aliphatic rings. The molecule has 0 atom stereocenters. The molecule has 2 rings (SSSR count). The zero-order chi connectivity index (χ0) is 17.4. The van der Waals surface area contributed by atoms with Crippen molar-refractivity contribution in [2.24, 2.45) is 4.99 Å². The van der Waals surface area contributed by atoms with Crippen LogP contribution >= 0.6 is 11.6 Å². The van der Waals surface area contributed by atoms with Gasteiger partial charge in [0, 0.05) is 11.6 Å². The van der Waals surface area contributed by atoms with Crippen LogP contribution < -0.4 is 15.4 Å². The zero-order valence-electron chi connectivity index (χ0n) is 14.2. The molecule has 0 aliphatic heterocycles. The SMILES string of the molecule is CCNC(=NCc1nc(C)c(C)o1)NCCOc1ccc(Cl)cc1. The van der Waals surface area contributed by atoms with E-state index in [1.165, 1.54) is 0 Å². The summed E-state index contributed by atoms with van der Waals surface area (Å²) in [5.41, 5.74) is 0.898. The summed E-state index contributed by atoms with van der Waals surface area (Å²) in [6, 6.07) is 7.29. The van der Waals surface area contributed by atoms with E-state index in [0.717, 1.165) is 23.7 Å². The van der Waals surface area contributed by atoms with Crippen LogP contribution in [0.2, 0.25) is 5.02 Å². The number of nitrogens with one attached hydrogen (secondary N) is 2. The number of hydrogen-bond donors (Lipinski definition) is 2. The van der Waals surface area contributed by atoms with Crippen molar-refractivity contribution in [3.05, 3.63) is 46.6 Å². The van der Waals surface area contributed by atoms with Crippen LogP contribution in [0, 0.1) is 13.8 Å². The number of oxazole rings is 1. The summed E-state index contributed by atoms with van der Waals surface area (Å²) in [6.45, 7) is 8.13. The summed E-state index contributed by atoms with van der Waals surface area (Å²) in [4.78, 5) is 8.78. The van der Waals surface area contributed by atoms with Gasteiger partial charge in [-0.1, -0.05) is 11.6 Å². The molecule has 0 amide bonds. The van der Waals surface area contributed by atoms with Crippen molar-refractivity contribution in [2.75, 3.05) is 19.7 Å². The summed E-state index contributed by atoms with van der Waals surface area (Å²) in [5, 5.41) is 7.08. The molecule has 2 N–H and O–H groups in total. The van der Waals surface area contributed by atoms with E-state index in [9.17, 15) is 0 Å². The van der Waals surface area contributed by atoms with E-state index in [-0.39, 0.29) is 0 Å². The maximum absolute atomic E-state index is 5.84. The Morgan fingerprint density at radius 2 is 2.00 bits per heavy atom. The van der Waals surface area contributed by atoms with E-state index < -0.39 is 0 Å². The van der Waals surface area contributed by atoms with Gasteiger partial charge >= 0.3 is 0 Å². The lowest BCUT2D eigenvalue weighted by Gasteiger charge is -2.11. The number of nitrogens with zero attached hydrogens (tertiary/aromatic N) is 2. The van der Waals surface area contributed by atoms with Gasteiger partial charge in [0.1, 0.15) is 24.7 Å². The van der Waals surface area contributed by atoms with Gasteiger partial charge in [0.25, 0.3) is 0 Å². The molecular weight excluding hydrogens is 328 g/mol. The van der Waals surface area contributed by atoms with Crippen molar-refractivity contribution >= 4 is 17.6 Å². The van der Waals surface area contributed by atoms with Crippen molar-refractivity contribution in [3.8, 4) is 5.75 Å². The molecule has 1 aromatic heterocycles. The highest BCUT2D eigenvalue weighted by molar-refractivity contribution is 6.30. The summed E-state index contributed by atoms with van der Waals surface area (Å²) in [6.07, 6.45) is 0. The molecule has 0 spiro atoms. The van der Waals surface area contributed by atoms with Crippen LogP contribution in [-0.2, 0) is 6.54 Å². The van der Waals surface area contributed by atoms with Crippen LogP contribution in [0.4, 0.5) is 0 Å². The Morgan fingerprint density at radius 3 is 2.62 bits per heavy atom. The minimum atomic E-state index is 0.391. The van der Waals surface area contributed by atoms with Gasteiger partial charge in [-0.15, -0.1) is 0 Å². The van der Waals surface area contributed by atoms with E-state index in [1.54, 1.807) is 12.1 Å². The third-order valence-corrected chi connectivity index (χ3v) is 3.52. The van der Waals surface area contributed by atoms with Crippen molar-refractivity contribution in [1.82, 2.24) is 15.6 Å². The van der Waals surface area contributed by atoms with Gasteiger partial charge in [-0.05, 0) is 45.0 Å². The third kappa shape index (κ3) is 5.77. The van der Waals surface area contributed by atoms with Gasteiger partial charge in [0.05, 0.1) is 12.2 Å². The first-order valence-electron chi connectivity index (χ1n) is 7.92. The highest BCUT2D eigenvalue weighted by Gasteiger charge is 2.05. The molecule has 6 nitrogen and oxygen atoms in total. The quantitative estimate of drug-likeness (QED) is 0.456. The first-order chi connectivity index (χ1) is 11.6. The Labute approximate surface area is 147 Å². The fraction of sp³-hybridized carbons (Fsp3) is 0.412. The molecule has 0 radical (unpaired) electrons. The molecular formula is C17H23ClN4O2. The van der Waals surface area contributed by atoms with Crippen molar-refractivity contribution in [1.29, 1.82) is 0 Å². The highest BCUT2D eigenvalue weighted by Crippen LogP contribution is 2.15. The minimum absolute atomic E-state index is 0.391. The Balaban J connectivity index is 1.79. The predicted octanol–water partition coefficient (Wildman–Crippen LogP) is 3.08. The number of benzene rings is 1. The first kappa shape index (κ1) is 18.1. The second-order valence-electron chi connectivity index (χ2n) is 5.17. The standard InChI is InChI=1S/C17H23ClN4O2/c1-4-19-17(21-11-16-22-12(2)13(3)24-16)20-9-10-23-15-7-5-14(18)6-8-15/h5-8H,4,9-11H2,1-3H3,(H2,19,20,21). The largest absolute Gasteiger partial charge is 0.492 e. The number of ether oxygens (including phenoxy) is 1. The second kappa shape index (κ2) is 9.17. The van der Waals surface area contributed by atoms with Crippen LogP contribution in [0.1, 0.15) is 24.3 Å². The lowest BCUT2D eigenvalue weighted by atomic mass is 10.3. The first-order valence-corrected chi connectivity index (χ1v) is 8.29. The van der Waals surface area contributed by atoms with Crippen LogP contribution in [0.25, 0.3) is 0 Å². The lowest BCUT2D eigenvalue weighted by molar-refractivity contribution is 0.322. The van der Waals surface area contributed by atoms with Gasteiger partial charge in [-0.3, -0.25) is 0 Å². The molecule has 7 heteroatoms. The molecule has 1 heterocycles. The van der Waals surface area contributed by atoms with E-state index in [2.05, 4.69) is 20.6 Å². The second-order valence-corrected chi connectivity index (χ2v) is 5.61. The lowest BCUT2D eigenvalue weighted by Crippen LogP contribution is -2.39. The van der Waals surface area contributed by atoms with E-state index in [4.69, 9.17) is 20.8 Å². The fourth-order valence-electron chi connectivity index (χ4n) is 1.96. The van der Waals surface area contributed by atoms with Crippen LogP contribution in [0.3, 0.4) is 0 Å². The maximum Gasteiger partial charge on any atom is 0.216 e. The fourth-order valence-corrected chi connectivity index (χ4v) is 2.09. The Bertz CT molecular complexity index is 648. The van der Waals surface area contributed by atoms with E-state index in [0.29, 0.717) is 36.6 Å². The molecule has 2 aromatic rings. The Kier molecular flexibility index (Phi) is 6.93.